The monoisotopic (exact) mass is 543 g/mol. The van der Waals surface area contributed by atoms with Gasteiger partial charge < -0.3 is 24.6 Å². The number of aliphatic hydroxyl groups excluding tert-OH is 1. The van der Waals surface area contributed by atoms with Crippen molar-refractivity contribution in [2.45, 2.75) is 107 Å². The van der Waals surface area contributed by atoms with E-state index in [1.807, 2.05) is 0 Å². The van der Waals surface area contributed by atoms with Crippen LogP contribution in [0.2, 0.25) is 0 Å². The van der Waals surface area contributed by atoms with Crippen LogP contribution < -0.4 is 10.1 Å². The lowest BCUT2D eigenvalue weighted by Crippen LogP contribution is -2.58. The molecule has 1 aromatic rings. The number of carbonyl (C=O) groups is 2. The Morgan fingerprint density at radius 2 is 1.68 bits per heavy atom. The average molecular weight is 544 g/mol. The van der Waals surface area contributed by atoms with Crippen molar-refractivity contribution in [2.24, 2.45) is 5.41 Å². The number of carbonyl (C=O) groups excluding carboxylic acids is 2. The number of ketones is 1. The highest BCUT2D eigenvalue weighted by atomic mass is 19.3. The van der Waals surface area contributed by atoms with Crippen molar-refractivity contribution in [2.75, 3.05) is 6.61 Å². The van der Waals surface area contributed by atoms with Gasteiger partial charge in [-0.15, -0.1) is 0 Å². The fourth-order valence-corrected chi connectivity index (χ4v) is 6.40. The zero-order chi connectivity index (χ0) is 27.3. The van der Waals surface area contributed by atoms with E-state index in [0.29, 0.717) is 19.8 Å². The van der Waals surface area contributed by atoms with Gasteiger partial charge in [0.2, 0.25) is 5.91 Å². The van der Waals surface area contributed by atoms with Gasteiger partial charge in [-0.2, -0.15) is 8.78 Å². The molecule has 2 bridgehead atoms. The second-order valence-corrected chi connectivity index (χ2v) is 11.6. The van der Waals surface area contributed by atoms with Gasteiger partial charge in [0.15, 0.2) is 23.5 Å². The molecule has 0 unspecified atom stereocenters. The number of hydrogen-bond acceptors (Lipinski definition) is 6. The summed E-state index contributed by atoms with van der Waals surface area (Å²) >= 11 is 0. The summed E-state index contributed by atoms with van der Waals surface area (Å²) in [5.41, 5.74) is -0.428. The summed E-state index contributed by atoms with van der Waals surface area (Å²) in [6, 6.07) is 1.77. The van der Waals surface area contributed by atoms with Crippen LogP contribution in [0.25, 0.3) is 0 Å². The first-order valence-corrected chi connectivity index (χ1v) is 13.2. The van der Waals surface area contributed by atoms with Crippen LogP contribution in [0.3, 0.4) is 0 Å². The second kappa shape index (κ2) is 10.1. The van der Waals surface area contributed by atoms with Crippen molar-refractivity contribution < 1.29 is 46.5 Å². The standard InChI is InChI=1S/C27H33F4NO6/c1-25(30,31)38-16-8-15(9-16)36-14-24(35)32-27-5-2-26(3-6-27,4-7-27)13-21(34)23-12-20(33)17-10-18(28)19(29)11-22(17)37-23/h10-11,15-16,20,23,33H,2-9,12-14H2,1H3,(H,32,35)/t15?,16?,20-,23-,26?,27?/m1/s1. The summed E-state index contributed by atoms with van der Waals surface area (Å²) in [5, 5.41) is 13.5. The lowest BCUT2D eigenvalue weighted by Gasteiger charge is -2.54. The first-order chi connectivity index (χ1) is 17.8. The topological polar surface area (TPSA) is 94.1 Å². The number of alkyl halides is 2. The predicted octanol–water partition coefficient (Wildman–Crippen LogP) is 4.49. The molecule has 0 aromatic heterocycles. The van der Waals surface area contributed by atoms with Crippen LogP contribution in [0.5, 0.6) is 5.75 Å². The zero-order valence-electron chi connectivity index (χ0n) is 21.2. The number of nitrogens with one attached hydrogen (secondary N) is 1. The molecule has 2 N–H and O–H groups in total. The Balaban J connectivity index is 1.08. The molecular weight excluding hydrogens is 510 g/mol. The number of amides is 1. The third-order valence-corrected chi connectivity index (χ3v) is 8.71. The van der Waals surface area contributed by atoms with Crippen molar-refractivity contribution in [3.05, 3.63) is 29.3 Å². The van der Waals surface area contributed by atoms with Crippen LogP contribution in [0.15, 0.2) is 12.1 Å². The minimum atomic E-state index is -3.18. The molecule has 1 aliphatic heterocycles. The Bertz CT molecular complexity index is 1060. The maximum atomic E-state index is 13.7. The van der Waals surface area contributed by atoms with Crippen LogP contribution in [-0.2, 0) is 19.1 Å². The molecule has 4 aliphatic carbocycles. The van der Waals surface area contributed by atoms with Crippen molar-refractivity contribution >= 4 is 11.7 Å². The fraction of sp³-hybridized carbons (Fsp3) is 0.704. The lowest BCUT2D eigenvalue weighted by molar-refractivity contribution is -0.275. The summed E-state index contributed by atoms with van der Waals surface area (Å²) in [6.45, 7) is 0.560. The summed E-state index contributed by atoms with van der Waals surface area (Å²) in [7, 11) is 0. The van der Waals surface area contributed by atoms with Crippen LogP contribution in [0, 0.1) is 17.0 Å². The second-order valence-electron chi connectivity index (χ2n) is 11.6. The fourth-order valence-electron chi connectivity index (χ4n) is 6.40. The summed E-state index contributed by atoms with van der Waals surface area (Å²) in [4.78, 5) is 25.7. The first kappa shape index (κ1) is 27.3. The normalized spacial score (nSPS) is 34.2. The molecule has 1 amide bonds. The van der Waals surface area contributed by atoms with Gasteiger partial charge in [0.05, 0.1) is 18.3 Å². The van der Waals surface area contributed by atoms with E-state index in [0.717, 1.165) is 50.7 Å². The molecule has 0 spiro atoms. The average Bonchev–Trinajstić information content (AvgIpc) is 2.82. The molecular formula is C27H33F4NO6. The van der Waals surface area contributed by atoms with Crippen LogP contribution in [0.1, 0.15) is 82.8 Å². The van der Waals surface area contributed by atoms with Gasteiger partial charge in [0, 0.05) is 49.8 Å². The number of halogens is 4. The molecule has 4 saturated carbocycles. The van der Waals surface area contributed by atoms with Crippen molar-refractivity contribution in [1.29, 1.82) is 0 Å². The van der Waals surface area contributed by atoms with E-state index in [-0.39, 0.29) is 59.5 Å². The first-order valence-electron chi connectivity index (χ1n) is 13.2. The molecule has 38 heavy (non-hydrogen) atoms. The molecule has 0 saturated heterocycles. The Labute approximate surface area is 218 Å². The Morgan fingerprint density at radius 3 is 2.32 bits per heavy atom. The highest BCUT2D eigenvalue weighted by molar-refractivity contribution is 5.84. The van der Waals surface area contributed by atoms with Crippen LogP contribution in [0.4, 0.5) is 17.6 Å². The highest BCUT2D eigenvalue weighted by Crippen LogP contribution is 2.54. The van der Waals surface area contributed by atoms with Crippen molar-refractivity contribution in [1.82, 2.24) is 5.32 Å². The molecule has 6 rings (SSSR count). The number of rotatable bonds is 9. The SMILES string of the molecule is CC(F)(F)OC1CC(OCC(=O)NC23CCC(CC(=O)[C@H]4C[C@@H](O)c5cc(F)c(F)cc5O4)(CC2)CC3)C1. The molecule has 7 nitrogen and oxygen atoms in total. The Hall–Kier alpha value is -2.24. The van der Waals surface area contributed by atoms with Gasteiger partial charge in [-0.3, -0.25) is 9.59 Å². The lowest BCUT2D eigenvalue weighted by atomic mass is 9.55. The predicted molar refractivity (Wildman–Crippen MR) is 125 cm³/mol. The molecule has 1 heterocycles. The number of fused-ring (bicyclic) bond motifs is 4. The van der Waals surface area contributed by atoms with Gasteiger partial charge in [-0.05, 0) is 50.0 Å². The van der Waals surface area contributed by atoms with Crippen molar-refractivity contribution in [3.63, 3.8) is 0 Å². The maximum Gasteiger partial charge on any atom is 0.353 e. The van der Waals surface area contributed by atoms with Gasteiger partial charge in [-0.1, -0.05) is 0 Å². The largest absolute Gasteiger partial charge is 0.482 e. The molecule has 0 radical (unpaired) electrons. The Morgan fingerprint density at radius 1 is 1.05 bits per heavy atom. The van der Waals surface area contributed by atoms with Gasteiger partial charge in [0.1, 0.15) is 12.4 Å². The molecule has 2 atom stereocenters. The van der Waals surface area contributed by atoms with E-state index in [9.17, 15) is 32.3 Å². The third-order valence-electron chi connectivity index (χ3n) is 8.71. The number of ether oxygens (including phenoxy) is 3. The summed E-state index contributed by atoms with van der Waals surface area (Å²) in [6.07, 6.45) is -0.735. The smallest absolute Gasteiger partial charge is 0.353 e. The van der Waals surface area contributed by atoms with E-state index in [4.69, 9.17) is 9.47 Å². The molecule has 11 heteroatoms. The molecule has 210 valence electrons. The van der Waals surface area contributed by atoms with E-state index >= 15 is 0 Å². The van der Waals surface area contributed by atoms with Crippen LogP contribution in [-0.4, -0.2) is 53.4 Å². The van der Waals surface area contributed by atoms with E-state index in [1.54, 1.807) is 0 Å². The number of aliphatic hydroxyl groups is 1. The van der Waals surface area contributed by atoms with Crippen LogP contribution >= 0.6 is 0 Å². The molecule has 5 aliphatic rings. The Kier molecular flexibility index (Phi) is 7.23. The van der Waals surface area contributed by atoms with Gasteiger partial charge in [-0.25, -0.2) is 8.78 Å². The highest BCUT2D eigenvalue weighted by Gasteiger charge is 2.51. The maximum absolute atomic E-state index is 13.7. The van der Waals surface area contributed by atoms with E-state index < -0.39 is 36.1 Å². The third kappa shape index (κ3) is 5.84. The van der Waals surface area contributed by atoms with E-state index in [1.165, 1.54) is 0 Å². The number of Topliss-reactive ketones (excluding diaryl/α,β-unsaturated/α-hetero) is 1. The summed E-state index contributed by atoms with van der Waals surface area (Å²) < 4.78 is 68.8. The quantitative estimate of drug-likeness (QED) is 0.446. The van der Waals surface area contributed by atoms with Crippen molar-refractivity contribution in [3.8, 4) is 5.75 Å². The van der Waals surface area contributed by atoms with E-state index in [2.05, 4.69) is 10.1 Å². The van der Waals surface area contributed by atoms with Gasteiger partial charge in [0.25, 0.3) is 0 Å². The number of benzene rings is 1. The minimum Gasteiger partial charge on any atom is -0.482 e. The molecule has 4 fully saturated rings. The number of hydrogen-bond donors (Lipinski definition) is 2. The molecule has 1 aromatic carbocycles. The minimum absolute atomic E-state index is 0.0111. The van der Waals surface area contributed by atoms with Gasteiger partial charge >= 0.3 is 6.11 Å². The zero-order valence-corrected chi connectivity index (χ0v) is 21.2. The summed E-state index contributed by atoms with van der Waals surface area (Å²) in [5.74, 6) is -2.60.